The summed E-state index contributed by atoms with van der Waals surface area (Å²) in [4.78, 5) is 28.3. The smallest absolute Gasteiger partial charge is 0.256 e. The number of carbonyl (C=O) groups is 2. The fourth-order valence-electron chi connectivity index (χ4n) is 5.83. The van der Waals surface area contributed by atoms with E-state index in [1.165, 1.54) is 11.8 Å². The summed E-state index contributed by atoms with van der Waals surface area (Å²) in [6.45, 7) is 0.340. The molecule has 1 aromatic heterocycles. The Bertz CT molecular complexity index is 1790. The molecule has 2 amide bonds. The largest absolute Gasteiger partial charge is 0.431 e. The van der Waals surface area contributed by atoms with Crippen molar-refractivity contribution in [1.29, 1.82) is 0 Å². The van der Waals surface area contributed by atoms with Crippen molar-refractivity contribution in [3.05, 3.63) is 131 Å². The maximum absolute atomic E-state index is 12.3. The van der Waals surface area contributed by atoms with E-state index in [-0.39, 0.29) is 31.1 Å². The molecule has 2 heterocycles. The Hall–Kier alpha value is -4.78. The number of thioether (sulfide) groups is 1. The van der Waals surface area contributed by atoms with Gasteiger partial charge < -0.3 is 24.3 Å². The number of carbonyl (C=O) groups excluding carboxylic acids is 2. The van der Waals surface area contributed by atoms with Crippen molar-refractivity contribution in [1.82, 2.24) is 15.8 Å². The van der Waals surface area contributed by atoms with E-state index in [1.807, 2.05) is 109 Å². The molecule has 0 radical (unpaired) electrons. The topological polar surface area (TPSA) is 143 Å². The normalized spacial score (nSPS) is 17.2. The van der Waals surface area contributed by atoms with E-state index in [0.29, 0.717) is 43.2 Å². The lowest BCUT2D eigenvalue weighted by Crippen LogP contribution is -2.31. The molecule has 0 saturated carbocycles. The van der Waals surface area contributed by atoms with Gasteiger partial charge in [0.1, 0.15) is 5.69 Å². The summed E-state index contributed by atoms with van der Waals surface area (Å²) in [6, 6.07) is 35.6. The number of hydrogen-bond acceptors (Lipinski definition) is 9. The highest BCUT2D eigenvalue weighted by Crippen LogP contribution is 2.41. The molecule has 0 spiro atoms. The Balaban J connectivity index is 1.13. The number of rotatable bonds is 15. The lowest BCUT2D eigenvalue weighted by Gasteiger charge is -2.36. The number of hydroxylamine groups is 1. The summed E-state index contributed by atoms with van der Waals surface area (Å²) in [5.41, 5.74) is 7.94. The van der Waals surface area contributed by atoms with E-state index < -0.39 is 12.2 Å². The molecule has 6 rings (SSSR count). The number of aliphatic hydroxyl groups excluding tert-OH is 1. The van der Waals surface area contributed by atoms with Gasteiger partial charge in [0.05, 0.1) is 18.8 Å². The van der Waals surface area contributed by atoms with Crippen LogP contribution in [-0.4, -0.2) is 39.0 Å². The molecule has 3 atom stereocenters. The zero-order chi connectivity index (χ0) is 35.4. The minimum atomic E-state index is -0.629. The van der Waals surface area contributed by atoms with Crippen LogP contribution in [0.3, 0.4) is 0 Å². The van der Waals surface area contributed by atoms with E-state index in [2.05, 4.69) is 5.32 Å². The molecule has 0 aliphatic carbocycles. The Morgan fingerprint density at radius 3 is 2.06 bits per heavy atom. The fraction of sp³-hybridized carbons (Fsp3) is 0.275. The highest BCUT2D eigenvalue weighted by Gasteiger charge is 2.33. The molecule has 51 heavy (non-hydrogen) atoms. The van der Waals surface area contributed by atoms with Gasteiger partial charge in [-0.05, 0) is 29.5 Å². The Kier molecular flexibility index (Phi) is 12.7. The predicted molar refractivity (Wildman–Crippen MR) is 193 cm³/mol. The number of aromatic nitrogens is 1. The maximum atomic E-state index is 12.3. The van der Waals surface area contributed by atoms with Crippen LogP contribution in [0.4, 0.5) is 0 Å². The van der Waals surface area contributed by atoms with Gasteiger partial charge in [-0.25, -0.2) is 10.5 Å². The highest BCUT2D eigenvalue weighted by molar-refractivity contribution is 7.99. The molecule has 1 fully saturated rings. The zero-order valence-corrected chi connectivity index (χ0v) is 28.9. The first kappa shape index (κ1) is 36.0. The third-order valence-electron chi connectivity index (χ3n) is 8.62. The number of benzene rings is 4. The van der Waals surface area contributed by atoms with Crippen molar-refractivity contribution in [2.24, 2.45) is 0 Å². The van der Waals surface area contributed by atoms with Gasteiger partial charge in [0.2, 0.25) is 11.8 Å². The van der Waals surface area contributed by atoms with Crippen molar-refractivity contribution in [2.75, 3.05) is 5.75 Å². The standard InChI is InChI=1S/C40H41N3O7S/c44-25-28-17-19-29(20-18-28)34-23-33(26-51-40-42-37(30-9-3-1-4-10-30)38(50-40)31-11-5-2-6-12-31)48-39(49-34)32-21-15-27(16-22-32)24-41-35(45)13-7-8-14-36(46)43-47/h1-6,9-12,15-22,33-34,39,44,47H,7-8,13-14,23-26H2,(H,41,45)(H,43,46)/t33-,34+,39+/m1/s1. The van der Waals surface area contributed by atoms with Gasteiger partial charge in [0, 0.05) is 48.3 Å². The summed E-state index contributed by atoms with van der Waals surface area (Å²) >= 11 is 1.51. The van der Waals surface area contributed by atoms with Crippen LogP contribution in [0, 0.1) is 0 Å². The minimum Gasteiger partial charge on any atom is -0.431 e. The summed E-state index contributed by atoms with van der Waals surface area (Å²) in [6.07, 6.45) is 1.11. The van der Waals surface area contributed by atoms with Gasteiger partial charge in [0.25, 0.3) is 5.22 Å². The molecule has 0 unspecified atom stereocenters. The van der Waals surface area contributed by atoms with Crippen LogP contribution in [0.25, 0.3) is 22.6 Å². The molecule has 1 saturated heterocycles. The van der Waals surface area contributed by atoms with Gasteiger partial charge in [-0.2, -0.15) is 0 Å². The number of amides is 2. The van der Waals surface area contributed by atoms with Crippen molar-refractivity contribution >= 4 is 23.6 Å². The van der Waals surface area contributed by atoms with Crippen LogP contribution in [0.2, 0.25) is 0 Å². The summed E-state index contributed by atoms with van der Waals surface area (Å²) < 4.78 is 19.4. The predicted octanol–water partition coefficient (Wildman–Crippen LogP) is 7.52. The Morgan fingerprint density at radius 2 is 1.39 bits per heavy atom. The molecular formula is C40H41N3O7S. The molecule has 0 bridgehead atoms. The maximum Gasteiger partial charge on any atom is 0.256 e. The molecule has 4 aromatic carbocycles. The van der Waals surface area contributed by atoms with Crippen LogP contribution in [0.5, 0.6) is 0 Å². The van der Waals surface area contributed by atoms with Crippen LogP contribution >= 0.6 is 11.8 Å². The third-order valence-corrected chi connectivity index (χ3v) is 9.58. The SMILES string of the molecule is O=C(CCCCC(=O)NCc1ccc([C@H]2O[C@@H](CSc3nc(-c4ccccc4)c(-c4ccccc4)o3)C[C@@H](c3ccc(CO)cc3)O2)cc1)NO. The Morgan fingerprint density at radius 1 is 0.765 bits per heavy atom. The van der Waals surface area contributed by atoms with Gasteiger partial charge in [-0.15, -0.1) is 0 Å². The van der Waals surface area contributed by atoms with Gasteiger partial charge >= 0.3 is 0 Å². The molecule has 1 aliphatic heterocycles. The van der Waals surface area contributed by atoms with E-state index in [4.69, 9.17) is 24.1 Å². The first-order chi connectivity index (χ1) is 25.0. The van der Waals surface area contributed by atoms with Crippen molar-refractivity contribution in [2.45, 2.75) is 69.0 Å². The number of unbranched alkanes of at least 4 members (excludes halogenated alkanes) is 1. The van der Waals surface area contributed by atoms with E-state index >= 15 is 0 Å². The van der Waals surface area contributed by atoms with Crippen LogP contribution in [0.1, 0.15) is 66.8 Å². The molecule has 1 aliphatic rings. The lowest BCUT2D eigenvalue weighted by atomic mass is 10.0. The molecule has 11 heteroatoms. The Labute approximate surface area is 301 Å². The van der Waals surface area contributed by atoms with Crippen molar-refractivity contribution in [3.8, 4) is 22.6 Å². The van der Waals surface area contributed by atoms with Crippen LogP contribution in [-0.2, 0) is 32.2 Å². The molecule has 264 valence electrons. The van der Waals surface area contributed by atoms with Gasteiger partial charge in [-0.1, -0.05) is 121 Å². The summed E-state index contributed by atoms with van der Waals surface area (Å²) in [5, 5.41) is 21.6. The second-order valence-electron chi connectivity index (χ2n) is 12.3. The molecular weight excluding hydrogens is 667 g/mol. The lowest BCUT2D eigenvalue weighted by molar-refractivity contribution is -0.245. The average molecular weight is 708 g/mol. The summed E-state index contributed by atoms with van der Waals surface area (Å²) in [7, 11) is 0. The number of nitrogens with one attached hydrogen (secondary N) is 2. The average Bonchev–Trinajstić information content (AvgIpc) is 3.63. The quantitative estimate of drug-likeness (QED) is 0.0376. The number of nitrogens with zero attached hydrogens (tertiary/aromatic N) is 1. The number of oxazole rings is 1. The highest BCUT2D eigenvalue weighted by atomic mass is 32.2. The second-order valence-corrected chi connectivity index (χ2v) is 13.3. The molecule has 4 N–H and O–H groups in total. The first-order valence-electron chi connectivity index (χ1n) is 17.0. The second kappa shape index (κ2) is 17.9. The molecule has 5 aromatic rings. The van der Waals surface area contributed by atoms with Crippen LogP contribution in [0.15, 0.2) is 119 Å². The van der Waals surface area contributed by atoms with Crippen LogP contribution < -0.4 is 10.8 Å². The zero-order valence-electron chi connectivity index (χ0n) is 28.1. The third kappa shape index (κ3) is 9.93. The van der Waals surface area contributed by atoms with Crippen molar-refractivity contribution in [3.63, 3.8) is 0 Å². The molecule has 10 nitrogen and oxygen atoms in total. The monoisotopic (exact) mass is 707 g/mol. The first-order valence-corrected chi connectivity index (χ1v) is 18.0. The van der Waals surface area contributed by atoms with Crippen molar-refractivity contribution < 1.29 is 33.8 Å². The summed E-state index contributed by atoms with van der Waals surface area (Å²) in [5.74, 6) is 0.751. The fourth-order valence-corrected chi connectivity index (χ4v) is 6.68. The van der Waals surface area contributed by atoms with Gasteiger partial charge in [-0.3, -0.25) is 14.8 Å². The minimum absolute atomic E-state index is 0.0287. The van der Waals surface area contributed by atoms with Gasteiger partial charge in [0.15, 0.2) is 12.1 Å². The number of aliphatic hydroxyl groups is 1. The van der Waals surface area contributed by atoms with E-state index in [0.717, 1.165) is 44.8 Å². The van der Waals surface area contributed by atoms with E-state index in [9.17, 15) is 14.7 Å². The number of ether oxygens (including phenoxy) is 2. The van der Waals surface area contributed by atoms with E-state index in [1.54, 1.807) is 5.48 Å². The number of hydrogen-bond donors (Lipinski definition) is 4.